The summed E-state index contributed by atoms with van der Waals surface area (Å²) in [6.07, 6.45) is 1.05. The summed E-state index contributed by atoms with van der Waals surface area (Å²) in [5, 5.41) is 18.4. The van der Waals surface area contributed by atoms with E-state index < -0.39 is 17.4 Å². The maximum absolute atomic E-state index is 12.1. The summed E-state index contributed by atoms with van der Waals surface area (Å²) in [7, 11) is 0. The predicted octanol–water partition coefficient (Wildman–Crippen LogP) is 1.40. The molecule has 6 nitrogen and oxygen atoms in total. The lowest BCUT2D eigenvalue weighted by atomic mass is 9.95. The van der Waals surface area contributed by atoms with Crippen molar-refractivity contribution in [2.24, 2.45) is 0 Å². The summed E-state index contributed by atoms with van der Waals surface area (Å²) in [6, 6.07) is 0. The highest BCUT2D eigenvalue weighted by molar-refractivity contribution is 5.99. The van der Waals surface area contributed by atoms with Gasteiger partial charge in [0.1, 0.15) is 5.54 Å². The highest BCUT2D eigenvalue weighted by Gasteiger charge is 2.35. The second kappa shape index (κ2) is 5.20. The molecule has 0 saturated carbocycles. The average molecular weight is 253 g/mol. The van der Waals surface area contributed by atoms with Gasteiger partial charge in [-0.1, -0.05) is 13.3 Å². The number of carboxylic acid groups (broad SMARTS) is 1. The summed E-state index contributed by atoms with van der Waals surface area (Å²) in [5.74, 6) is -1.44. The molecule has 0 aliphatic heterocycles. The van der Waals surface area contributed by atoms with Crippen molar-refractivity contribution in [3.63, 3.8) is 0 Å². The molecule has 0 aromatic carbocycles. The van der Waals surface area contributed by atoms with Gasteiger partial charge in [0.2, 0.25) is 0 Å². The standard InChI is InChI=1S/C12H19N3O3/c1-5-6-12(4,11(17)18)13-10(16)9-7(2)14-15-8(9)3/h5-6H2,1-4H3,(H,13,16)(H,14,15)(H,17,18). The number of nitrogens with zero attached hydrogens (tertiary/aromatic N) is 1. The summed E-state index contributed by atoms with van der Waals surface area (Å²) in [6.45, 7) is 6.83. The minimum Gasteiger partial charge on any atom is -0.480 e. The maximum Gasteiger partial charge on any atom is 0.329 e. The number of nitrogens with one attached hydrogen (secondary N) is 2. The molecule has 1 unspecified atom stereocenters. The van der Waals surface area contributed by atoms with E-state index in [1.807, 2.05) is 6.92 Å². The lowest BCUT2D eigenvalue weighted by Gasteiger charge is -2.25. The van der Waals surface area contributed by atoms with Crippen LogP contribution in [0.15, 0.2) is 0 Å². The van der Waals surface area contributed by atoms with Crippen molar-refractivity contribution in [2.75, 3.05) is 0 Å². The van der Waals surface area contributed by atoms with Crippen molar-refractivity contribution in [1.29, 1.82) is 0 Å². The van der Waals surface area contributed by atoms with Crippen LogP contribution in [-0.4, -0.2) is 32.7 Å². The van der Waals surface area contributed by atoms with Gasteiger partial charge in [-0.3, -0.25) is 9.89 Å². The van der Waals surface area contributed by atoms with E-state index in [0.29, 0.717) is 29.8 Å². The fourth-order valence-corrected chi connectivity index (χ4v) is 1.92. The SMILES string of the molecule is CCCC(C)(NC(=O)c1c(C)n[nH]c1C)C(=O)O. The van der Waals surface area contributed by atoms with Gasteiger partial charge in [-0.15, -0.1) is 0 Å². The minimum absolute atomic E-state index is 0.379. The van der Waals surface area contributed by atoms with E-state index in [0.717, 1.165) is 0 Å². The second-order valence-corrected chi connectivity index (χ2v) is 4.65. The van der Waals surface area contributed by atoms with E-state index in [9.17, 15) is 14.7 Å². The van der Waals surface area contributed by atoms with Gasteiger partial charge in [0.25, 0.3) is 5.91 Å². The largest absolute Gasteiger partial charge is 0.480 e. The third kappa shape index (κ3) is 2.69. The van der Waals surface area contributed by atoms with Crippen LogP contribution in [0.1, 0.15) is 48.4 Å². The molecule has 1 atom stereocenters. The third-order valence-electron chi connectivity index (χ3n) is 2.97. The first-order chi connectivity index (χ1) is 8.31. The topological polar surface area (TPSA) is 95.1 Å². The Morgan fingerprint density at radius 2 is 2.06 bits per heavy atom. The molecular formula is C12H19N3O3. The van der Waals surface area contributed by atoms with Crippen molar-refractivity contribution in [2.45, 2.75) is 46.1 Å². The predicted molar refractivity (Wildman–Crippen MR) is 66.5 cm³/mol. The molecule has 100 valence electrons. The molecule has 0 fully saturated rings. The van der Waals surface area contributed by atoms with Gasteiger partial charge >= 0.3 is 5.97 Å². The number of carboxylic acids is 1. The van der Waals surface area contributed by atoms with E-state index in [-0.39, 0.29) is 0 Å². The zero-order chi connectivity index (χ0) is 13.9. The van der Waals surface area contributed by atoms with Gasteiger partial charge in [0, 0.05) is 5.69 Å². The second-order valence-electron chi connectivity index (χ2n) is 4.65. The number of aliphatic carboxylic acids is 1. The molecule has 0 saturated heterocycles. The number of amides is 1. The number of hydrogen-bond acceptors (Lipinski definition) is 3. The van der Waals surface area contributed by atoms with Crippen LogP contribution < -0.4 is 5.32 Å². The summed E-state index contributed by atoms with van der Waals surface area (Å²) < 4.78 is 0. The fraction of sp³-hybridized carbons (Fsp3) is 0.583. The number of rotatable bonds is 5. The molecule has 6 heteroatoms. The van der Waals surface area contributed by atoms with E-state index in [2.05, 4.69) is 15.5 Å². The molecule has 0 spiro atoms. The average Bonchev–Trinajstić information content (AvgIpc) is 2.58. The summed E-state index contributed by atoms with van der Waals surface area (Å²) in [4.78, 5) is 23.4. The molecule has 3 N–H and O–H groups in total. The van der Waals surface area contributed by atoms with Gasteiger partial charge in [0.15, 0.2) is 0 Å². The highest BCUT2D eigenvalue weighted by atomic mass is 16.4. The Hall–Kier alpha value is -1.85. The first-order valence-electron chi connectivity index (χ1n) is 5.89. The molecule has 18 heavy (non-hydrogen) atoms. The summed E-state index contributed by atoms with van der Waals surface area (Å²) in [5.41, 5.74) is 0.365. The van der Waals surface area contributed by atoms with Gasteiger partial charge in [-0.05, 0) is 27.2 Å². The molecular weight excluding hydrogens is 234 g/mol. The smallest absolute Gasteiger partial charge is 0.329 e. The van der Waals surface area contributed by atoms with Gasteiger partial charge in [-0.2, -0.15) is 5.10 Å². The zero-order valence-electron chi connectivity index (χ0n) is 11.1. The Morgan fingerprint density at radius 3 is 2.44 bits per heavy atom. The molecule has 1 aromatic heterocycles. The molecule has 1 rings (SSSR count). The van der Waals surface area contributed by atoms with Crippen LogP contribution in [-0.2, 0) is 4.79 Å². The number of hydrogen-bond donors (Lipinski definition) is 3. The molecule has 1 amide bonds. The lowest BCUT2D eigenvalue weighted by Crippen LogP contribution is -2.52. The van der Waals surface area contributed by atoms with Crippen LogP contribution in [0.4, 0.5) is 0 Å². The van der Waals surface area contributed by atoms with E-state index in [1.165, 1.54) is 6.92 Å². The van der Waals surface area contributed by atoms with Crippen LogP contribution in [0.5, 0.6) is 0 Å². The number of aromatic nitrogens is 2. The molecule has 0 aliphatic carbocycles. The Labute approximate surface area is 106 Å². The quantitative estimate of drug-likeness (QED) is 0.739. The van der Waals surface area contributed by atoms with Gasteiger partial charge in [-0.25, -0.2) is 4.79 Å². The van der Waals surface area contributed by atoms with Crippen molar-refractivity contribution >= 4 is 11.9 Å². The van der Waals surface area contributed by atoms with E-state index in [1.54, 1.807) is 13.8 Å². The third-order valence-corrected chi connectivity index (χ3v) is 2.97. The fourth-order valence-electron chi connectivity index (χ4n) is 1.92. The maximum atomic E-state index is 12.1. The van der Waals surface area contributed by atoms with Crippen molar-refractivity contribution < 1.29 is 14.7 Å². The van der Waals surface area contributed by atoms with E-state index >= 15 is 0 Å². The van der Waals surface area contributed by atoms with Crippen LogP contribution >= 0.6 is 0 Å². The molecule has 0 bridgehead atoms. The first-order valence-corrected chi connectivity index (χ1v) is 5.89. The van der Waals surface area contributed by atoms with Crippen LogP contribution in [0.3, 0.4) is 0 Å². The van der Waals surface area contributed by atoms with Crippen LogP contribution in [0.25, 0.3) is 0 Å². The molecule has 1 aromatic rings. The molecule has 0 radical (unpaired) electrons. The normalized spacial score (nSPS) is 14.0. The Balaban J connectivity index is 2.96. The minimum atomic E-state index is -1.25. The van der Waals surface area contributed by atoms with Crippen molar-refractivity contribution in [3.05, 3.63) is 17.0 Å². The number of aryl methyl sites for hydroxylation is 2. The number of aromatic amines is 1. The monoisotopic (exact) mass is 253 g/mol. The van der Waals surface area contributed by atoms with Gasteiger partial charge in [0.05, 0.1) is 11.3 Å². The number of carbonyl (C=O) groups excluding carboxylic acids is 1. The number of carbonyl (C=O) groups is 2. The first kappa shape index (κ1) is 14.2. The zero-order valence-corrected chi connectivity index (χ0v) is 11.1. The molecule has 1 heterocycles. The van der Waals surface area contributed by atoms with Crippen molar-refractivity contribution in [3.8, 4) is 0 Å². The van der Waals surface area contributed by atoms with Crippen LogP contribution in [0.2, 0.25) is 0 Å². The van der Waals surface area contributed by atoms with E-state index in [4.69, 9.17) is 0 Å². The Morgan fingerprint density at radius 1 is 1.44 bits per heavy atom. The van der Waals surface area contributed by atoms with Gasteiger partial charge < -0.3 is 10.4 Å². The summed E-state index contributed by atoms with van der Waals surface area (Å²) >= 11 is 0. The Bertz CT molecular complexity index is 448. The Kier molecular flexibility index (Phi) is 4.11. The van der Waals surface area contributed by atoms with Crippen molar-refractivity contribution in [1.82, 2.24) is 15.5 Å². The van der Waals surface area contributed by atoms with Crippen LogP contribution in [0, 0.1) is 13.8 Å². The highest BCUT2D eigenvalue weighted by Crippen LogP contribution is 2.16. The number of H-pyrrole nitrogens is 1. The lowest BCUT2D eigenvalue weighted by molar-refractivity contribution is -0.144. The molecule has 0 aliphatic rings.